The smallest absolute Gasteiger partial charge is 0.157 e. The number of aliphatic hydroxyl groups excluding tert-OH is 3. The molecule has 0 saturated carbocycles. The third kappa shape index (κ3) is 7.20. The quantitative estimate of drug-likeness (QED) is 0.0958. The van der Waals surface area contributed by atoms with Crippen LogP contribution < -0.4 is 14.2 Å². The molecule has 3 aliphatic rings. The number of hydrogen-bond donors (Lipinski definition) is 18. The Morgan fingerprint density at radius 3 is 0.917 bits per heavy atom. The Bertz CT molecular complexity index is 3350. The summed E-state index contributed by atoms with van der Waals surface area (Å²) in [6.45, 7) is 0. The second-order valence-electron chi connectivity index (χ2n) is 17.7. The van der Waals surface area contributed by atoms with Gasteiger partial charge in [-0.2, -0.15) is 0 Å². The Labute approximate surface area is 404 Å². The van der Waals surface area contributed by atoms with E-state index in [-0.39, 0.29) is 28.0 Å². The summed E-state index contributed by atoms with van der Waals surface area (Å²) < 4.78 is 19.1. The van der Waals surface area contributed by atoms with Gasteiger partial charge in [-0.25, -0.2) is 0 Å². The average molecular weight is 991 g/mol. The molecular weight excluding hydrogens is 949 g/mol. The Hall–Kier alpha value is -9.18. The number of benzene rings is 7. The first kappa shape index (κ1) is 46.5. The maximum absolute atomic E-state index is 12.8. The molecular formula is C51H42O21. The summed E-state index contributed by atoms with van der Waals surface area (Å²) in [4.78, 5) is 0. The van der Waals surface area contributed by atoms with E-state index in [0.717, 1.165) is 72.8 Å². The van der Waals surface area contributed by atoms with E-state index in [1.807, 2.05) is 0 Å². The topological polar surface area (TPSA) is 392 Å². The summed E-state index contributed by atoms with van der Waals surface area (Å²) in [6.07, 6.45) is -11.1. The van der Waals surface area contributed by atoms with Crippen LogP contribution in [0.1, 0.15) is 86.1 Å². The highest BCUT2D eigenvalue weighted by atomic mass is 16.5. The number of aliphatic hydroxyl groups is 3. The van der Waals surface area contributed by atoms with E-state index in [1.165, 1.54) is 18.2 Å². The van der Waals surface area contributed by atoms with Crippen LogP contribution in [0.4, 0.5) is 0 Å². The van der Waals surface area contributed by atoms with Gasteiger partial charge >= 0.3 is 0 Å². The van der Waals surface area contributed by atoms with Crippen LogP contribution in [0.3, 0.4) is 0 Å². The van der Waals surface area contributed by atoms with Crippen molar-refractivity contribution in [3.8, 4) is 103 Å². The average Bonchev–Trinajstić information content (AvgIpc) is 3.30. The van der Waals surface area contributed by atoms with Gasteiger partial charge in [0.15, 0.2) is 52.8 Å². The van der Waals surface area contributed by atoms with Gasteiger partial charge in [-0.05, 0) is 53.1 Å². The number of rotatable bonds is 6. The monoisotopic (exact) mass is 990 g/mol. The van der Waals surface area contributed by atoms with Crippen LogP contribution in [-0.4, -0.2) is 110 Å². The first-order valence-corrected chi connectivity index (χ1v) is 21.7. The van der Waals surface area contributed by atoms with Crippen molar-refractivity contribution in [2.75, 3.05) is 0 Å². The minimum atomic E-state index is -2.09. The van der Waals surface area contributed by atoms with Crippen LogP contribution in [0.25, 0.3) is 0 Å². The van der Waals surface area contributed by atoms with Crippen molar-refractivity contribution in [3.05, 3.63) is 141 Å². The summed E-state index contributed by atoms with van der Waals surface area (Å²) in [5.41, 5.74) is -2.97. The SMILES string of the molecule is Oc1cc(O)c([C@H]2c3c(O)cc(O)c([C@H]4c5c(O)cc(O)c([C@H]6c7c(O)cc(O)cc7OC(c7ccc(O)c(O)c7)[C@@H]6O)c5O[C@H](c5ccc(O)c(O)c5)[C@@H]4O)c3OC(c3ccc(O)c(O)c3)[C@@H]2O)c(O)c1. The number of ether oxygens (including phenoxy) is 3. The molecule has 0 amide bonds. The molecule has 21 heteroatoms. The lowest BCUT2D eigenvalue weighted by Gasteiger charge is -2.44. The zero-order valence-corrected chi connectivity index (χ0v) is 36.6. The fraction of sp³-hybridized carbons (Fsp3) is 0.176. The first-order valence-electron chi connectivity index (χ1n) is 21.7. The molecule has 7 aromatic rings. The largest absolute Gasteiger partial charge is 0.508 e. The van der Waals surface area contributed by atoms with Crippen molar-refractivity contribution >= 4 is 0 Å². The van der Waals surface area contributed by atoms with E-state index in [1.54, 1.807) is 0 Å². The van der Waals surface area contributed by atoms with Gasteiger partial charge in [0.05, 0.1) is 17.8 Å². The number of aromatic hydroxyl groups is 15. The normalized spacial score (nSPS) is 23.1. The van der Waals surface area contributed by atoms with Crippen LogP contribution in [0.5, 0.6) is 103 Å². The molecule has 372 valence electrons. The molecule has 72 heavy (non-hydrogen) atoms. The molecule has 21 nitrogen and oxygen atoms in total. The lowest BCUT2D eigenvalue weighted by atomic mass is 9.72. The van der Waals surface area contributed by atoms with Crippen LogP contribution in [0, 0.1) is 0 Å². The van der Waals surface area contributed by atoms with Crippen molar-refractivity contribution in [1.82, 2.24) is 0 Å². The van der Waals surface area contributed by atoms with Crippen LogP contribution in [-0.2, 0) is 0 Å². The number of hydrogen-bond acceptors (Lipinski definition) is 21. The number of phenols is 15. The van der Waals surface area contributed by atoms with E-state index < -0.39 is 180 Å². The lowest BCUT2D eigenvalue weighted by Crippen LogP contribution is -2.39. The minimum Gasteiger partial charge on any atom is -0.508 e. The second kappa shape index (κ2) is 16.8. The highest BCUT2D eigenvalue weighted by Gasteiger charge is 2.52. The molecule has 18 N–H and O–H groups in total. The standard InChI is InChI=1S/C51H42O21/c52-19-10-27(60)35(28(61)11-19)41-37-30(63)14-32(65)39(50(37)71-48(44(41)67)17-2-5-22(55)25(58)8-17)43-40-33(66)15-31(64)38(51(40)72-49(46(43)69)18-3-6-23(56)26(59)9-18)42-36-29(62)12-20(53)13-34(36)70-47(45(42)68)16-1-4-21(54)24(57)7-16/h1-15,41-49,52-69H/t41-,42+,43-,44+,45+,46+,47?,48?,49+/m0/s1. The molecule has 3 aliphatic heterocycles. The predicted molar refractivity (Wildman–Crippen MR) is 244 cm³/mol. The third-order valence-electron chi connectivity index (χ3n) is 13.4. The Balaban J connectivity index is 1.28. The van der Waals surface area contributed by atoms with Crippen LogP contribution in [0.15, 0.2) is 91.0 Å². The van der Waals surface area contributed by atoms with Crippen LogP contribution in [0.2, 0.25) is 0 Å². The van der Waals surface area contributed by atoms with Crippen molar-refractivity contribution in [2.24, 2.45) is 0 Å². The van der Waals surface area contributed by atoms with Gasteiger partial charge in [-0.15, -0.1) is 0 Å². The van der Waals surface area contributed by atoms with E-state index >= 15 is 0 Å². The van der Waals surface area contributed by atoms with E-state index in [9.17, 15) is 91.9 Å². The van der Waals surface area contributed by atoms with E-state index in [2.05, 4.69) is 0 Å². The zero-order chi connectivity index (χ0) is 51.5. The van der Waals surface area contributed by atoms with Crippen LogP contribution >= 0.6 is 0 Å². The van der Waals surface area contributed by atoms with Gasteiger partial charge in [0.25, 0.3) is 0 Å². The summed E-state index contributed by atoms with van der Waals surface area (Å²) in [6, 6.07) is 15.0. The summed E-state index contributed by atoms with van der Waals surface area (Å²) in [5.74, 6) is -17.7. The molecule has 0 spiro atoms. The molecule has 9 atom stereocenters. The summed E-state index contributed by atoms with van der Waals surface area (Å²) in [5, 5.41) is 203. The Morgan fingerprint density at radius 1 is 0.264 bits per heavy atom. The van der Waals surface area contributed by atoms with Gasteiger partial charge in [0.2, 0.25) is 0 Å². The minimum absolute atomic E-state index is 0.0202. The fourth-order valence-corrected chi connectivity index (χ4v) is 10.2. The number of phenolic OH excluding ortho intramolecular Hbond substituents is 15. The molecule has 0 aromatic heterocycles. The van der Waals surface area contributed by atoms with Crippen molar-refractivity contribution in [1.29, 1.82) is 0 Å². The fourth-order valence-electron chi connectivity index (χ4n) is 10.2. The maximum atomic E-state index is 12.8. The molecule has 0 saturated heterocycles. The third-order valence-corrected chi connectivity index (χ3v) is 13.4. The number of fused-ring (bicyclic) bond motifs is 3. The van der Waals surface area contributed by atoms with Crippen molar-refractivity contribution in [2.45, 2.75) is 54.4 Å². The van der Waals surface area contributed by atoms with Gasteiger partial charge in [-0.3, -0.25) is 0 Å². The second-order valence-corrected chi connectivity index (χ2v) is 17.7. The van der Waals surface area contributed by atoms with Gasteiger partial charge in [0.1, 0.15) is 87.3 Å². The maximum Gasteiger partial charge on any atom is 0.157 e. The molecule has 0 fully saturated rings. The molecule has 0 radical (unpaired) electrons. The highest BCUT2D eigenvalue weighted by Crippen LogP contribution is 2.64. The first-order chi connectivity index (χ1) is 34.1. The molecule has 0 bridgehead atoms. The summed E-state index contributed by atoms with van der Waals surface area (Å²) >= 11 is 0. The van der Waals surface area contributed by atoms with Crippen molar-refractivity contribution in [3.63, 3.8) is 0 Å². The van der Waals surface area contributed by atoms with Gasteiger partial charge in [-0.1, -0.05) is 18.2 Å². The molecule has 3 heterocycles. The van der Waals surface area contributed by atoms with Crippen molar-refractivity contribution < 1.29 is 106 Å². The summed E-state index contributed by atoms with van der Waals surface area (Å²) in [7, 11) is 0. The van der Waals surface area contributed by atoms with E-state index in [0.29, 0.717) is 0 Å². The zero-order valence-electron chi connectivity index (χ0n) is 36.6. The van der Waals surface area contributed by atoms with Gasteiger partial charge in [0, 0.05) is 69.8 Å². The van der Waals surface area contributed by atoms with E-state index in [4.69, 9.17) is 14.2 Å². The molecule has 2 unspecified atom stereocenters. The predicted octanol–water partition coefficient (Wildman–Crippen LogP) is 5.15. The Kier molecular flexibility index (Phi) is 10.8. The van der Waals surface area contributed by atoms with Gasteiger partial charge < -0.3 is 106 Å². The lowest BCUT2D eigenvalue weighted by molar-refractivity contribution is -0.00762. The molecule has 0 aliphatic carbocycles. The molecule has 7 aromatic carbocycles. The Morgan fingerprint density at radius 2 is 0.556 bits per heavy atom. The highest BCUT2D eigenvalue weighted by molar-refractivity contribution is 5.72. The molecule has 10 rings (SSSR count).